The minimum atomic E-state index is -4.53. The molecule has 160 valence electrons. The van der Waals surface area contributed by atoms with Crippen molar-refractivity contribution in [3.63, 3.8) is 0 Å². The summed E-state index contributed by atoms with van der Waals surface area (Å²) in [5, 5.41) is 10.8. The average molecular weight is 418 g/mol. The SMILES string of the molecule is CC(C)CC1(C)CN(c2ccc(C(F)(F)F)c(-c3[nH]nc4ncccc34)n2)CCN1. The van der Waals surface area contributed by atoms with E-state index in [2.05, 4.69) is 51.2 Å². The number of anilines is 1. The largest absolute Gasteiger partial charge is 0.418 e. The quantitative estimate of drug-likeness (QED) is 0.663. The van der Waals surface area contributed by atoms with Gasteiger partial charge in [-0.05, 0) is 43.5 Å². The zero-order valence-corrected chi connectivity index (χ0v) is 17.2. The maximum absolute atomic E-state index is 13.8. The van der Waals surface area contributed by atoms with E-state index in [9.17, 15) is 13.2 Å². The van der Waals surface area contributed by atoms with E-state index in [1.54, 1.807) is 18.3 Å². The van der Waals surface area contributed by atoms with Crippen LogP contribution in [0, 0.1) is 5.92 Å². The summed E-state index contributed by atoms with van der Waals surface area (Å²) in [6, 6.07) is 5.94. The second-order valence-corrected chi connectivity index (χ2v) is 8.54. The van der Waals surface area contributed by atoms with E-state index in [0.717, 1.165) is 19.0 Å². The Bertz CT molecular complexity index is 1040. The molecule has 0 amide bonds. The molecule has 9 heteroatoms. The number of alkyl halides is 3. The molecule has 1 atom stereocenters. The van der Waals surface area contributed by atoms with Gasteiger partial charge in [0.2, 0.25) is 0 Å². The minimum absolute atomic E-state index is 0.123. The summed E-state index contributed by atoms with van der Waals surface area (Å²) in [5.74, 6) is 1.03. The predicted molar refractivity (Wildman–Crippen MR) is 110 cm³/mol. The predicted octanol–water partition coefficient (Wildman–Crippen LogP) is 4.25. The molecular weight excluding hydrogens is 393 g/mol. The molecule has 0 saturated carbocycles. The number of halogens is 3. The highest BCUT2D eigenvalue weighted by Gasteiger charge is 2.37. The fourth-order valence-corrected chi connectivity index (χ4v) is 4.36. The lowest BCUT2D eigenvalue weighted by molar-refractivity contribution is -0.137. The molecule has 0 spiro atoms. The summed E-state index contributed by atoms with van der Waals surface area (Å²) in [7, 11) is 0. The maximum atomic E-state index is 13.8. The number of hydrogen-bond acceptors (Lipinski definition) is 5. The fraction of sp³-hybridized carbons (Fsp3) is 0.476. The molecule has 1 fully saturated rings. The van der Waals surface area contributed by atoms with Gasteiger partial charge in [0, 0.05) is 36.8 Å². The van der Waals surface area contributed by atoms with E-state index < -0.39 is 11.7 Å². The van der Waals surface area contributed by atoms with Gasteiger partial charge in [-0.2, -0.15) is 18.3 Å². The van der Waals surface area contributed by atoms with Gasteiger partial charge in [0.1, 0.15) is 11.5 Å². The van der Waals surface area contributed by atoms with Gasteiger partial charge in [0.15, 0.2) is 5.65 Å². The highest BCUT2D eigenvalue weighted by Crippen LogP contribution is 2.38. The smallest absolute Gasteiger partial charge is 0.353 e. The average Bonchev–Trinajstić information content (AvgIpc) is 3.10. The van der Waals surface area contributed by atoms with Gasteiger partial charge in [-0.3, -0.25) is 5.10 Å². The molecular formula is C21H25F3N6. The van der Waals surface area contributed by atoms with E-state index in [1.165, 1.54) is 6.07 Å². The van der Waals surface area contributed by atoms with Crippen molar-refractivity contribution in [2.24, 2.45) is 5.92 Å². The molecule has 30 heavy (non-hydrogen) atoms. The van der Waals surface area contributed by atoms with Gasteiger partial charge >= 0.3 is 6.18 Å². The van der Waals surface area contributed by atoms with Crippen molar-refractivity contribution in [3.8, 4) is 11.4 Å². The molecule has 4 rings (SSSR count). The van der Waals surface area contributed by atoms with Gasteiger partial charge in [-0.25, -0.2) is 9.97 Å². The molecule has 2 N–H and O–H groups in total. The molecule has 0 aliphatic carbocycles. The first-order valence-electron chi connectivity index (χ1n) is 10.0. The van der Waals surface area contributed by atoms with Crippen LogP contribution in [0.3, 0.4) is 0 Å². The number of fused-ring (bicyclic) bond motifs is 1. The summed E-state index contributed by atoms with van der Waals surface area (Å²) >= 11 is 0. The van der Waals surface area contributed by atoms with Crippen LogP contribution in [0.25, 0.3) is 22.4 Å². The van der Waals surface area contributed by atoms with Crippen LogP contribution in [0.15, 0.2) is 30.5 Å². The Morgan fingerprint density at radius 2 is 2.03 bits per heavy atom. The number of rotatable bonds is 4. The topological polar surface area (TPSA) is 69.7 Å². The van der Waals surface area contributed by atoms with Crippen LogP contribution in [0.4, 0.5) is 19.0 Å². The highest BCUT2D eigenvalue weighted by molar-refractivity contribution is 5.90. The Labute approximate surface area is 172 Å². The van der Waals surface area contributed by atoms with Gasteiger partial charge in [0.25, 0.3) is 0 Å². The molecule has 0 bridgehead atoms. The van der Waals surface area contributed by atoms with Crippen LogP contribution in [0.2, 0.25) is 0 Å². The van der Waals surface area contributed by atoms with Crippen LogP contribution >= 0.6 is 0 Å². The number of nitrogens with one attached hydrogen (secondary N) is 2. The van der Waals surface area contributed by atoms with Crippen molar-refractivity contribution in [1.29, 1.82) is 0 Å². The molecule has 3 aromatic heterocycles. The van der Waals surface area contributed by atoms with Crippen LogP contribution in [-0.2, 0) is 6.18 Å². The van der Waals surface area contributed by atoms with E-state index in [0.29, 0.717) is 35.9 Å². The second-order valence-electron chi connectivity index (χ2n) is 8.54. The van der Waals surface area contributed by atoms with E-state index in [4.69, 9.17) is 0 Å². The summed E-state index contributed by atoms with van der Waals surface area (Å²) in [6.45, 7) is 8.58. The molecule has 3 aromatic rings. The zero-order chi connectivity index (χ0) is 21.5. The third-order valence-corrected chi connectivity index (χ3v) is 5.41. The fourth-order valence-electron chi connectivity index (χ4n) is 4.36. The van der Waals surface area contributed by atoms with Crippen LogP contribution in [-0.4, -0.2) is 45.3 Å². The number of H-pyrrole nitrogens is 1. The van der Waals surface area contributed by atoms with Crippen molar-refractivity contribution < 1.29 is 13.2 Å². The number of piperazine rings is 1. The molecule has 1 unspecified atom stereocenters. The number of hydrogen-bond donors (Lipinski definition) is 2. The molecule has 0 aromatic carbocycles. The van der Waals surface area contributed by atoms with Crippen molar-refractivity contribution in [2.45, 2.75) is 38.9 Å². The van der Waals surface area contributed by atoms with Crippen molar-refractivity contribution in [3.05, 3.63) is 36.0 Å². The molecule has 1 aliphatic rings. The Morgan fingerprint density at radius 1 is 1.23 bits per heavy atom. The summed E-state index contributed by atoms with van der Waals surface area (Å²) < 4.78 is 41.3. The minimum Gasteiger partial charge on any atom is -0.353 e. The number of aromatic amines is 1. The van der Waals surface area contributed by atoms with Gasteiger partial charge in [0.05, 0.1) is 11.3 Å². The standard InChI is InChI=1S/C21H25F3N6/c1-13(2)11-20(3)12-30(10-9-26-20)16-7-6-15(21(22,23)24)18(27-16)17-14-5-4-8-25-19(14)29-28-17/h4-8,13,26H,9-12H2,1-3H3,(H,25,28,29). The Kier molecular flexibility index (Phi) is 5.17. The number of nitrogens with zero attached hydrogens (tertiary/aromatic N) is 4. The Balaban J connectivity index is 1.77. The lowest BCUT2D eigenvalue weighted by atomic mass is 9.88. The van der Waals surface area contributed by atoms with Crippen LogP contribution < -0.4 is 10.2 Å². The molecule has 1 aliphatic heterocycles. The van der Waals surface area contributed by atoms with E-state index >= 15 is 0 Å². The van der Waals surface area contributed by atoms with E-state index in [1.807, 2.05) is 0 Å². The number of aromatic nitrogens is 4. The molecule has 6 nitrogen and oxygen atoms in total. The number of pyridine rings is 2. The summed E-state index contributed by atoms with van der Waals surface area (Å²) in [4.78, 5) is 10.6. The molecule has 1 saturated heterocycles. The Hall–Kier alpha value is -2.68. The van der Waals surface area contributed by atoms with Gasteiger partial charge in [-0.1, -0.05) is 13.8 Å². The third-order valence-electron chi connectivity index (χ3n) is 5.41. The monoisotopic (exact) mass is 418 g/mol. The van der Waals surface area contributed by atoms with Crippen LogP contribution in [0.5, 0.6) is 0 Å². The normalized spacial score (nSPS) is 20.3. The second kappa shape index (κ2) is 7.54. The van der Waals surface area contributed by atoms with Crippen molar-refractivity contribution >= 4 is 16.9 Å². The van der Waals surface area contributed by atoms with Gasteiger partial charge in [-0.15, -0.1) is 0 Å². The highest BCUT2D eigenvalue weighted by atomic mass is 19.4. The summed E-state index contributed by atoms with van der Waals surface area (Å²) in [6.07, 6.45) is -2.01. The molecule has 4 heterocycles. The lowest BCUT2D eigenvalue weighted by Crippen LogP contribution is -2.59. The van der Waals surface area contributed by atoms with Crippen LogP contribution in [0.1, 0.15) is 32.8 Å². The lowest BCUT2D eigenvalue weighted by Gasteiger charge is -2.43. The van der Waals surface area contributed by atoms with Crippen molar-refractivity contribution in [1.82, 2.24) is 25.5 Å². The summed E-state index contributed by atoms with van der Waals surface area (Å²) in [5.41, 5.74) is -0.478. The molecule has 0 radical (unpaired) electrons. The van der Waals surface area contributed by atoms with Crippen molar-refractivity contribution in [2.75, 3.05) is 24.5 Å². The third kappa shape index (κ3) is 3.98. The van der Waals surface area contributed by atoms with E-state index in [-0.39, 0.29) is 16.9 Å². The first-order valence-corrected chi connectivity index (χ1v) is 10.0. The first-order chi connectivity index (χ1) is 14.2. The first kappa shape index (κ1) is 20.6. The Morgan fingerprint density at radius 3 is 2.77 bits per heavy atom. The maximum Gasteiger partial charge on any atom is 0.418 e. The zero-order valence-electron chi connectivity index (χ0n) is 17.2. The van der Waals surface area contributed by atoms with Gasteiger partial charge < -0.3 is 10.2 Å².